The molecular weight excluding hydrogens is 226 g/mol. The molecule has 1 aromatic carbocycles. The van der Waals surface area contributed by atoms with Crippen LogP contribution in [0.25, 0.3) is 0 Å². The molecule has 1 aliphatic carbocycles. The van der Waals surface area contributed by atoms with E-state index in [1.807, 2.05) is 43.6 Å². The maximum atomic E-state index is 6.18. The van der Waals surface area contributed by atoms with Gasteiger partial charge in [-0.3, -0.25) is 4.68 Å². The van der Waals surface area contributed by atoms with Gasteiger partial charge in [0.05, 0.1) is 17.8 Å². The Kier molecular flexibility index (Phi) is 2.80. The molecule has 1 heterocycles. The third-order valence-corrected chi connectivity index (χ3v) is 3.12. The van der Waals surface area contributed by atoms with Gasteiger partial charge in [0, 0.05) is 13.2 Å². The van der Waals surface area contributed by atoms with Gasteiger partial charge in [-0.1, -0.05) is 12.1 Å². The molecule has 0 amide bonds. The summed E-state index contributed by atoms with van der Waals surface area (Å²) in [5.41, 5.74) is 8.11. The molecule has 1 fully saturated rings. The van der Waals surface area contributed by atoms with Crippen molar-refractivity contribution in [3.63, 3.8) is 0 Å². The summed E-state index contributed by atoms with van der Waals surface area (Å²) < 4.78 is 7.47. The number of benzene rings is 1. The average Bonchev–Trinajstić information content (AvgIpc) is 3.09. The molecule has 1 aliphatic rings. The Labute approximate surface area is 106 Å². The Balaban J connectivity index is 1.74. The van der Waals surface area contributed by atoms with Crippen LogP contribution in [0.1, 0.15) is 30.1 Å². The lowest BCUT2D eigenvalue weighted by molar-refractivity contribution is 0.303. The van der Waals surface area contributed by atoms with Gasteiger partial charge in [-0.25, -0.2) is 0 Å². The molecule has 4 nitrogen and oxygen atoms in total. The summed E-state index contributed by atoms with van der Waals surface area (Å²) in [7, 11) is 1.89. The van der Waals surface area contributed by atoms with Crippen molar-refractivity contribution in [1.29, 1.82) is 0 Å². The molecule has 0 radical (unpaired) electrons. The van der Waals surface area contributed by atoms with E-state index in [9.17, 15) is 0 Å². The Morgan fingerprint density at radius 2 is 2.00 bits per heavy atom. The van der Waals surface area contributed by atoms with Gasteiger partial charge in [0.2, 0.25) is 0 Å². The minimum atomic E-state index is -0.179. The van der Waals surface area contributed by atoms with Gasteiger partial charge in [-0.15, -0.1) is 0 Å². The first-order valence-corrected chi connectivity index (χ1v) is 6.24. The number of hydrogen-bond acceptors (Lipinski definition) is 3. The molecule has 94 valence electrons. The zero-order valence-corrected chi connectivity index (χ0v) is 10.4. The van der Waals surface area contributed by atoms with Crippen LogP contribution in [0.5, 0.6) is 5.75 Å². The van der Waals surface area contributed by atoms with Crippen molar-refractivity contribution in [2.24, 2.45) is 12.8 Å². The predicted molar refractivity (Wildman–Crippen MR) is 69.3 cm³/mol. The first-order chi connectivity index (χ1) is 8.72. The molecule has 0 saturated heterocycles. The molecule has 0 bridgehead atoms. The van der Waals surface area contributed by atoms with Crippen molar-refractivity contribution >= 4 is 0 Å². The minimum absolute atomic E-state index is 0.179. The van der Waals surface area contributed by atoms with E-state index in [1.54, 1.807) is 4.68 Å². The van der Waals surface area contributed by atoms with Gasteiger partial charge in [-0.05, 0) is 36.6 Å². The van der Waals surface area contributed by atoms with Crippen molar-refractivity contribution in [3.8, 4) is 5.75 Å². The Hall–Kier alpha value is -1.81. The second kappa shape index (κ2) is 4.46. The largest absolute Gasteiger partial charge is 0.490 e. The summed E-state index contributed by atoms with van der Waals surface area (Å²) in [6.45, 7) is 0. The van der Waals surface area contributed by atoms with Crippen LogP contribution >= 0.6 is 0 Å². The Morgan fingerprint density at radius 1 is 1.28 bits per heavy atom. The topological polar surface area (TPSA) is 53.1 Å². The third-order valence-electron chi connectivity index (χ3n) is 3.12. The zero-order valence-electron chi connectivity index (χ0n) is 10.4. The fraction of sp³-hybridized carbons (Fsp3) is 0.357. The van der Waals surface area contributed by atoms with Crippen LogP contribution in [0.2, 0.25) is 0 Å². The van der Waals surface area contributed by atoms with Crippen molar-refractivity contribution in [2.45, 2.75) is 25.0 Å². The molecule has 2 aromatic rings. The molecule has 1 aromatic heterocycles. The lowest BCUT2D eigenvalue weighted by Gasteiger charge is -2.10. The first kappa shape index (κ1) is 11.3. The fourth-order valence-electron chi connectivity index (χ4n) is 1.90. The SMILES string of the molecule is Cn1ccc(C(N)c2ccc(OC3CC3)cc2)n1. The van der Waals surface area contributed by atoms with Crippen molar-refractivity contribution < 1.29 is 4.74 Å². The maximum Gasteiger partial charge on any atom is 0.119 e. The smallest absolute Gasteiger partial charge is 0.119 e. The van der Waals surface area contributed by atoms with Gasteiger partial charge in [0.25, 0.3) is 0 Å². The zero-order chi connectivity index (χ0) is 12.5. The molecule has 3 rings (SSSR count). The quantitative estimate of drug-likeness (QED) is 0.893. The summed E-state index contributed by atoms with van der Waals surface area (Å²) in [5, 5.41) is 4.33. The number of aromatic nitrogens is 2. The average molecular weight is 243 g/mol. The number of rotatable bonds is 4. The van der Waals surface area contributed by atoms with E-state index in [-0.39, 0.29) is 6.04 Å². The molecule has 0 spiro atoms. The van der Waals surface area contributed by atoms with E-state index in [0.29, 0.717) is 6.10 Å². The van der Waals surface area contributed by atoms with Crippen LogP contribution in [0, 0.1) is 0 Å². The number of nitrogens with zero attached hydrogens (tertiary/aromatic N) is 2. The second-order valence-corrected chi connectivity index (χ2v) is 4.78. The Bertz CT molecular complexity index is 528. The molecule has 0 aliphatic heterocycles. The second-order valence-electron chi connectivity index (χ2n) is 4.78. The number of hydrogen-bond donors (Lipinski definition) is 1. The van der Waals surface area contributed by atoms with E-state index in [4.69, 9.17) is 10.5 Å². The predicted octanol–water partition coefficient (Wildman–Crippen LogP) is 2.01. The minimum Gasteiger partial charge on any atom is -0.490 e. The van der Waals surface area contributed by atoms with Gasteiger partial charge in [0.15, 0.2) is 0 Å². The fourth-order valence-corrected chi connectivity index (χ4v) is 1.90. The van der Waals surface area contributed by atoms with Crippen LogP contribution in [0.3, 0.4) is 0 Å². The summed E-state index contributed by atoms with van der Waals surface area (Å²) >= 11 is 0. The highest BCUT2D eigenvalue weighted by atomic mass is 16.5. The molecule has 1 saturated carbocycles. The molecule has 1 atom stereocenters. The van der Waals surface area contributed by atoms with Crippen molar-refractivity contribution in [3.05, 3.63) is 47.8 Å². The van der Waals surface area contributed by atoms with Gasteiger partial charge in [0.1, 0.15) is 5.75 Å². The van der Waals surface area contributed by atoms with Crippen LogP contribution < -0.4 is 10.5 Å². The number of aryl methyl sites for hydroxylation is 1. The van der Waals surface area contributed by atoms with Crippen LogP contribution in [-0.4, -0.2) is 15.9 Å². The maximum absolute atomic E-state index is 6.18. The summed E-state index contributed by atoms with van der Waals surface area (Å²) in [6.07, 6.45) is 4.68. The van der Waals surface area contributed by atoms with Crippen molar-refractivity contribution in [2.75, 3.05) is 0 Å². The van der Waals surface area contributed by atoms with Gasteiger partial charge < -0.3 is 10.5 Å². The highest BCUT2D eigenvalue weighted by Gasteiger charge is 2.23. The normalized spacial score (nSPS) is 16.6. The molecule has 1 unspecified atom stereocenters. The first-order valence-electron chi connectivity index (χ1n) is 6.24. The van der Waals surface area contributed by atoms with Crippen molar-refractivity contribution in [1.82, 2.24) is 9.78 Å². The summed E-state index contributed by atoms with van der Waals surface area (Å²) in [4.78, 5) is 0. The third kappa shape index (κ3) is 2.38. The number of ether oxygens (including phenoxy) is 1. The molecule has 4 heteroatoms. The summed E-state index contributed by atoms with van der Waals surface area (Å²) in [6, 6.07) is 9.75. The lowest BCUT2D eigenvalue weighted by atomic mass is 10.1. The van der Waals surface area contributed by atoms with Crippen LogP contribution in [0.15, 0.2) is 36.5 Å². The molecular formula is C14H17N3O. The van der Waals surface area contributed by atoms with E-state index in [2.05, 4.69) is 5.10 Å². The highest BCUT2D eigenvalue weighted by molar-refractivity contribution is 5.33. The Morgan fingerprint density at radius 3 is 2.56 bits per heavy atom. The monoisotopic (exact) mass is 243 g/mol. The van der Waals surface area contributed by atoms with Gasteiger partial charge >= 0.3 is 0 Å². The highest BCUT2D eigenvalue weighted by Crippen LogP contribution is 2.28. The van der Waals surface area contributed by atoms with Crippen LogP contribution in [-0.2, 0) is 7.05 Å². The van der Waals surface area contributed by atoms with E-state index in [0.717, 1.165) is 17.0 Å². The summed E-state index contributed by atoms with van der Waals surface area (Å²) in [5.74, 6) is 0.925. The molecule has 2 N–H and O–H groups in total. The van der Waals surface area contributed by atoms with E-state index in [1.165, 1.54) is 12.8 Å². The van der Waals surface area contributed by atoms with E-state index < -0.39 is 0 Å². The molecule has 18 heavy (non-hydrogen) atoms. The van der Waals surface area contributed by atoms with Gasteiger partial charge in [-0.2, -0.15) is 5.10 Å². The number of nitrogens with two attached hydrogens (primary N) is 1. The van der Waals surface area contributed by atoms with Crippen LogP contribution in [0.4, 0.5) is 0 Å². The van der Waals surface area contributed by atoms with E-state index >= 15 is 0 Å². The lowest BCUT2D eigenvalue weighted by Crippen LogP contribution is -2.12. The standard InChI is InChI=1S/C14H17N3O/c1-17-9-8-13(16-17)14(15)10-2-4-11(5-3-10)18-12-6-7-12/h2-5,8-9,12,14H,6-7,15H2,1H3.